The largest absolute Gasteiger partial charge is 0.496 e. The van der Waals surface area contributed by atoms with Crippen molar-refractivity contribution in [2.24, 2.45) is 0 Å². The van der Waals surface area contributed by atoms with Crippen LogP contribution in [0.4, 0.5) is 0 Å². The normalized spacial score (nSPS) is 16.3. The lowest BCUT2D eigenvalue weighted by atomic mass is 9.98. The highest BCUT2D eigenvalue weighted by molar-refractivity contribution is 6.30. The van der Waals surface area contributed by atoms with Gasteiger partial charge >= 0.3 is 0 Å². The molecule has 0 atom stereocenters. The number of hydrogen-bond donors (Lipinski definition) is 1. The van der Waals surface area contributed by atoms with E-state index in [-0.39, 0.29) is 0 Å². The molecule has 0 bridgehead atoms. The molecule has 1 aromatic heterocycles. The van der Waals surface area contributed by atoms with Gasteiger partial charge in [0.1, 0.15) is 5.75 Å². The third-order valence-corrected chi connectivity index (χ3v) is 3.78. The molecule has 0 saturated carbocycles. The molecule has 0 amide bonds. The van der Waals surface area contributed by atoms with Crippen molar-refractivity contribution in [1.29, 1.82) is 0 Å². The molecule has 20 heavy (non-hydrogen) atoms. The minimum atomic E-state index is 0.368. The van der Waals surface area contributed by atoms with E-state index in [9.17, 15) is 0 Å². The first-order valence-electron chi connectivity index (χ1n) is 6.66. The smallest absolute Gasteiger partial charge is 0.261 e. The van der Waals surface area contributed by atoms with E-state index in [2.05, 4.69) is 15.5 Å². The fraction of sp³-hybridized carbons (Fsp3) is 0.429. The molecule has 2 heterocycles. The quantitative estimate of drug-likeness (QED) is 0.943. The van der Waals surface area contributed by atoms with E-state index < -0.39 is 0 Å². The van der Waals surface area contributed by atoms with E-state index in [1.54, 1.807) is 19.2 Å². The van der Waals surface area contributed by atoms with Crippen LogP contribution in [0.25, 0.3) is 11.5 Å². The zero-order valence-electron chi connectivity index (χ0n) is 11.2. The van der Waals surface area contributed by atoms with Crippen LogP contribution in [0.15, 0.2) is 22.7 Å². The van der Waals surface area contributed by atoms with Crippen LogP contribution in [0.3, 0.4) is 0 Å². The summed E-state index contributed by atoms with van der Waals surface area (Å²) < 4.78 is 10.7. The van der Waals surface area contributed by atoms with Crippen molar-refractivity contribution in [1.82, 2.24) is 15.5 Å². The molecule has 0 aliphatic carbocycles. The van der Waals surface area contributed by atoms with Crippen molar-refractivity contribution in [2.45, 2.75) is 18.8 Å². The van der Waals surface area contributed by atoms with E-state index >= 15 is 0 Å². The summed E-state index contributed by atoms with van der Waals surface area (Å²) >= 11 is 5.96. The Balaban J connectivity index is 1.89. The van der Waals surface area contributed by atoms with Gasteiger partial charge in [0.05, 0.1) is 12.7 Å². The highest BCUT2D eigenvalue weighted by Gasteiger charge is 2.22. The molecule has 5 nitrogen and oxygen atoms in total. The first-order valence-corrected chi connectivity index (χ1v) is 7.04. The van der Waals surface area contributed by atoms with Crippen molar-refractivity contribution in [3.8, 4) is 17.2 Å². The fourth-order valence-electron chi connectivity index (χ4n) is 2.43. The van der Waals surface area contributed by atoms with Gasteiger partial charge in [-0.15, -0.1) is 0 Å². The molecule has 1 aliphatic heterocycles. The Hall–Kier alpha value is -1.59. The summed E-state index contributed by atoms with van der Waals surface area (Å²) in [5, 5.41) is 8.05. The molecule has 0 radical (unpaired) electrons. The average molecular weight is 294 g/mol. The summed E-state index contributed by atoms with van der Waals surface area (Å²) in [6.45, 7) is 2.00. The van der Waals surface area contributed by atoms with Crippen LogP contribution in [-0.4, -0.2) is 30.3 Å². The molecule has 1 saturated heterocycles. The Labute approximate surface area is 122 Å². The molecule has 6 heteroatoms. The third-order valence-electron chi connectivity index (χ3n) is 3.54. The number of rotatable bonds is 3. The van der Waals surface area contributed by atoms with Crippen LogP contribution in [0.1, 0.15) is 24.6 Å². The monoisotopic (exact) mass is 293 g/mol. The maximum atomic E-state index is 5.96. The Morgan fingerprint density at radius 3 is 2.90 bits per heavy atom. The lowest BCUT2D eigenvalue weighted by Crippen LogP contribution is -2.27. The van der Waals surface area contributed by atoms with Crippen molar-refractivity contribution in [3.63, 3.8) is 0 Å². The lowest BCUT2D eigenvalue weighted by molar-refractivity contribution is 0.387. The minimum Gasteiger partial charge on any atom is -0.496 e. The van der Waals surface area contributed by atoms with Crippen molar-refractivity contribution in [3.05, 3.63) is 29.0 Å². The maximum absolute atomic E-state index is 5.96. The summed E-state index contributed by atoms with van der Waals surface area (Å²) in [5.74, 6) is 2.26. The second-order valence-electron chi connectivity index (χ2n) is 4.83. The summed E-state index contributed by atoms with van der Waals surface area (Å²) in [6, 6.07) is 5.36. The molecule has 1 aromatic carbocycles. The van der Waals surface area contributed by atoms with E-state index in [0.717, 1.165) is 37.3 Å². The molecule has 2 aromatic rings. The Morgan fingerprint density at radius 2 is 2.15 bits per heavy atom. The maximum Gasteiger partial charge on any atom is 0.261 e. The predicted molar refractivity (Wildman–Crippen MR) is 76.1 cm³/mol. The first-order chi connectivity index (χ1) is 9.78. The van der Waals surface area contributed by atoms with E-state index in [0.29, 0.717) is 22.6 Å². The summed E-state index contributed by atoms with van der Waals surface area (Å²) in [7, 11) is 1.60. The molecule has 1 aliphatic rings. The molecule has 0 spiro atoms. The molecule has 3 rings (SSSR count). The van der Waals surface area contributed by atoms with Gasteiger partial charge in [0.2, 0.25) is 0 Å². The Kier molecular flexibility index (Phi) is 3.89. The van der Waals surface area contributed by atoms with Crippen LogP contribution in [-0.2, 0) is 0 Å². The average Bonchev–Trinajstić information content (AvgIpc) is 2.97. The Morgan fingerprint density at radius 1 is 1.35 bits per heavy atom. The number of methoxy groups -OCH3 is 1. The third kappa shape index (κ3) is 2.64. The van der Waals surface area contributed by atoms with Crippen LogP contribution in [0, 0.1) is 0 Å². The predicted octanol–water partition coefficient (Wildman–Crippen LogP) is 2.87. The highest BCUT2D eigenvalue weighted by atomic mass is 35.5. The number of aromatic nitrogens is 2. The van der Waals surface area contributed by atoms with Gasteiger partial charge in [0.25, 0.3) is 5.89 Å². The molecular weight excluding hydrogens is 278 g/mol. The number of nitrogens with one attached hydrogen (secondary N) is 1. The van der Waals surface area contributed by atoms with Crippen LogP contribution >= 0.6 is 11.6 Å². The van der Waals surface area contributed by atoms with Crippen LogP contribution in [0.2, 0.25) is 5.02 Å². The van der Waals surface area contributed by atoms with Gasteiger partial charge in [-0.05, 0) is 44.1 Å². The highest BCUT2D eigenvalue weighted by Crippen LogP contribution is 2.32. The second-order valence-corrected chi connectivity index (χ2v) is 5.26. The second kappa shape index (κ2) is 5.81. The summed E-state index contributed by atoms with van der Waals surface area (Å²) in [5.41, 5.74) is 0.768. The number of ether oxygens (including phenoxy) is 1. The molecule has 1 fully saturated rings. The molecular formula is C14H16ClN3O2. The first kappa shape index (κ1) is 13.4. The van der Waals surface area contributed by atoms with E-state index in [1.807, 2.05) is 6.07 Å². The number of benzene rings is 1. The molecule has 0 unspecified atom stereocenters. The summed E-state index contributed by atoms with van der Waals surface area (Å²) in [4.78, 5) is 4.51. The molecule has 1 N–H and O–H groups in total. The number of nitrogens with zero attached hydrogens (tertiary/aromatic N) is 2. The zero-order chi connectivity index (χ0) is 13.9. The van der Waals surface area contributed by atoms with Gasteiger partial charge in [0, 0.05) is 10.9 Å². The summed E-state index contributed by atoms with van der Waals surface area (Å²) in [6.07, 6.45) is 2.08. The van der Waals surface area contributed by atoms with Crippen molar-refractivity contribution in [2.75, 3.05) is 20.2 Å². The van der Waals surface area contributed by atoms with Crippen molar-refractivity contribution < 1.29 is 9.26 Å². The lowest BCUT2D eigenvalue weighted by Gasteiger charge is -2.18. The van der Waals surface area contributed by atoms with Crippen LogP contribution < -0.4 is 10.1 Å². The van der Waals surface area contributed by atoms with Gasteiger partial charge in [0.15, 0.2) is 5.82 Å². The topological polar surface area (TPSA) is 60.2 Å². The Bertz CT molecular complexity index is 594. The fourth-order valence-corrected chi connectivity index (χ4v) is 2.59. The zero-order valence-corrected chi connectivity index (χ0v) is 12.0. The number of halogens is 1. The molecule has 106 valence electrons. The van der Waals surface area contributed by atoms with Gasteiger partial charge in [-0.2, -0.15) is 4.98 Å². The van der Waals surface area contributed by atoms with Crippen molar-refractivity contribution >= 4 is 11.6 Å². The van der Waals surface area contributed by atoms with Gasteiger partial charge in [-0.1, -0.05) is 16.8 Å². The SMILES string of the molecule is COc1cc(Cl)ccc1-c1nc(C2CCNCC2)no1. The van der Waals surface area contributed by atoms with Gasteiger partial charge < -0.3 is 14.6 Å². The standard InChI is InChI=1S/C14H16ClN3O2/c1-19-12-8-10(15)2-3-11(12)14-17-13(18-20-14)9-4-6-16-7-5-9/h2-3,8-9,16H,4-7H2,1H3. The number of hydrogen-bond acceptors (Lipinski definition) is 5. The van der Waals surface area contributed by atoms with E-state index in [4.69, 9.17) is 20.9 Å². The van der Waals surface area contributed by atoms with Crippen LogP contribution in [0.5, 0.6) is 5.75 Å². The van der Waals surface area contributed by atoms with E-state index in [1.165, 1.54) is 0 Å². The van der Waals surface area contributed by atoms with Gasteiger partial charge in [-0.25, -0.2) is 0 Å². The number of piperidine rings is 1. The van der Waals surface area contributed by atoms with Gasteiger partial charge in [-0.3, -0.25) is 0 Å². The minimum absolute atomic E-state index is 0.368.